The molecule has 2 rings (SSSR count). The van der Waals surface area contributed by atoms with E-state index < -0.39 is 6.10 Å². The Morgan fingerprint density at radius 2 is 1.70 bits per heavy atom. The third kappa shape index (κ3) is 3.28. The highest BCUT2D eigenvalue weighted by Gasteiger charge is 2.16. The molecule has 20 heavy (non-hydrogen) atoms. The number of rotatable bonds is 3. The van der Waals surface area contributed by atoms with Crippen molar-refractivity contribution in [2.45, 2.75) is 33.3 Å². The van der Waals surface area contributed by atoms with Gasteiger partial charge in [-0.25, -0.2) is 4.39 Å². The molecule has 0 saturated heterocycles. The number of benzene rings is 2. The number of aryl methyl sites for hydroxylation is 3. The summed E-state index contributed by atoms with van der Waals surface area (Å²) in [6, 6.07) is 8.67. The number of hydrogen-bond donors (Lipinski definition) is 1. The van der Waals surface area contributed by atoms with Crippen molar-refractivity contribution in [3.63, 3.8) is 0 Å². The minimum absolute atomic E-state index is 0.284. The van der Waals surface area contributed by atoms with E-state index in [-0.39, 0.29) is 5.82 Å². The SMILES string of the molecule is Cc1cc(C)c(C(O)Cc2cc(F)ccc2Br)c(C)c1. The van der Waals surface area contributed by atoms with Crippen molar-refractivity contribution in [2.75, 3.05) is 0 Å². The molecule has 2 aromatic carbocycles. The molecule has 0 aliphatic carbocycles. The third-order valence-electron chi connectivity index (χ3n) is 3.49. The van der Waals surface area contributed by atoms with Crippen molar-refractivity contribution >= 4 is 15.9 Å². The van der Waals surface area contributed by atoms with E-state index in [4.69, 9.17) is 0 Å². The van der Waals surface area contributed by atoms with Crippen molar-refractivity contribution in [3.05, 3.63) is 68.4 Å². The zero-order valence-electron chi connectivity index (χ0n) is 11.9. The molecular formula is C17H18BrFO. The standard InChI is InChI=1S/C17H18BrFO/c1-10-6-11(2)17(12(3)7-10)16(20)9-13-8-14(19)4-5-15(13)18/h4-8,16,20H,9H2,1-3H3. The molecule has 3 heteroatoms. The second kappa shape index (κ2) is 6.06. The van der Waals surface area contributed by atoms with E-state index in [1.54, 1.807) is 6.07 Å². The monoisotopic (exact) mass is 336 g/mol. The molecule has 0 amide bonds. The fraction of sp³-hybridized carbons (Fsp3) is 0.294. The van der Waals surface area contributed by atoms with Crippen LogP contribution in [0.5, 0.6) is 0 Å². The first kappa shape index (κ1) is 15.2. The molecule has 0 saturated carbocycles. The molecule has 0 radical (unpaired) electrons. The molecule has 0 aliphatic rings. The van der Waals surface area contributed by atoms with E-state index in [1.165, 1.54) is 17.7 Å². The molecule has 1 unspecified atom stereocenters. The van der Waals surface area contributed by atoms with E-state index in [0.717, 1.165) is 26.7 Å². The molecule has 1 N–H and O–H groups in total. The van der Waals surface area contributed by atoms with Crippen LogP contribution in [0.25, 0.3) is 0 Å². The van der Waals surface area contributed by atoms with Gasteiger partial charge in [0.1, 0.15) is 5.82 Å². The number of halogens is 2. The third-order valence-corrected chi connectivity index (χ3v) is 4.27. The van der Waals surface area contributed by atoms with Gasteiger partial charge in [-0.05, 0) is 61.2 Å². The highest BCUT2D eigenvalue weighted by molar-refractivity contribution is 9.10. The van der Waals surface area contributed by atoms with Crippen LogP contribution in [0, 0.1) is 26.6 Å². The minimum Gasteiger partial charge on any atom is -0.388 e. The quantitative estimate of drug-likeness (QED) is 0.854. The summed E-state index contributed by atoms with van der Waals surface area (Å²) in [7, 11) is 0. The van der Waals surface area contributed by atoms with Crippen molar-refractivity contribution < 1.29 is 9.50 Å². The Morgan fingerprint density at radius 1 is 1.10 bits per heavy atom. The lowest BCUT2D eigenvalue weighted by molar-refractivity contribution is 0.176. The zero-order valence-corrected chi connectivity index (χ0v) is 13.5. The molecule has 0 spiro atoms. The summed E-state index contributed by atoms with van der Waals surface area (Å²) < 4.78 is 14.1. The summed E-state index contributed by atoms with van der Waals surface area (Å²) >= 11 is 3.40. The number of hydrogen-bond acceptors (Lipinski definition) is 1. The summed E-state index contributed by atoms with van der Waals surface area (Å²) in [6.07, 6.45) is -0.239. The van der Waals surface area contributed by atoms with Crippen molar-refractivity contribution in [2.24, 2.45) is 0 Å². The van der Waals surface area contributed by atoms with Crippen LogP contribution < -0.4 is 0 Å². The maximum absolute atomic E-state index is 13.3. The van der Waals surface area contributed by atoms with Gasteiger partial charge in [0.25, 0.3) is 0 Å². The van der Waals surface area contributed by atoms with Crippen LogP contribution in [0.15, 0.2) is 34.8 Å². The summed E-state index contributed by atoms with van der Waals surface area (Å²) in [5, 5.41) is 10.5. The Morgan fingerprint density at radius 3 is 2.30 bits per heavy atom. The molecule has 106 valence electrons. The average Bonchev–Trinajstić information content (AvgIpc) is 2.32. The van der Waals surface area contributed by atoms with Crippen LogP contribution in [0.3, 0.4) is 0 Å². The molecular weight excluding hydrogens is 319 g/mol. The van der Waals surface area contributed by atoms with Gasteiger partial charge in [-0.15, -0.1) is 0 Å². The lowest BCUT2D eigenvalue weighted by Gasteiger charge is -2.18. The molecule has 1 nitrogen and oxygen atoms in total. The van der Waals surface area contributed by atoms with E-state index >= 15 is 0 Å². The fourth-order valence-corrected chi connectivity index (χ4v) is 3.14. The van der Waals surface area contributed by atoms with Gasteiger partial charge in [0.15, 0.2) is 0 Å². The first-order chi connectivity index (χ1) is 9.38. The molecule has 0 aliphatic heterocycles. The van der Waals surface area contributed by atoms with Gasteiger partial charge < -0.3 is 5.11 Å². The Bertz CT molecular complexity index is 614. The highest BCUT2D eigenvalue weighted by Crippen LogP contribution is 2.29. The van der Waals surface area contributed by atoms with Crippen LogP contribution in [-0.2, 0) is 6.42 Å². The zero-order chi connectivity index (χ0) is 14.9. The molecule has 0 aromatic heterocycles. The predicted octanol–water partition coefficient (Wildman–Crippen LogP) is 4.79. The van der Waals surface area contributed by atoms with Crippen LogP contribution in [0.1, 0.15) is 33.9 Å². The molecule has 0 heterocycles. The van der Waals surface area contributed by atoms with E-state index in [1.807, 2.05) is 20.8 Å². The van der Waals surface area contributed by atoms with E-state index in [9.17, 15) is 9.50 Å². The summed E-state index contributed by atoms with van der Waals surface area (Å²) in [5.41, 5.74) is 5.04. The lowest BCUT2D eigenvalue weighted by atomic mass is 9.92. The largest absolute Gasteiger partial charge is 0.388 e. The van der Waals surface area contributed by atoms with E-state index in [0.29, 0.717) is 6.42 Å². The Hall–Kier alpha value is -1.19. The first-order valence-corrected chi connectivity index (χ1v) is 7.37. The first-order valence-electron chi connectivity index (χ1n) is 6.58. The van der Waals surface area contributed by atoms with Gasteiger partial charge in [0.2, 0.25) is 0 Å². The highest BCUT2D eigenvalue weighted by atomic mass is 79.9. The van der Waals surface area contributed by atoms with Gasteiger partial charge in [0, 0.05) is 10.9 Å². The maximum Gasteiger partial charge on any atom is 0.123 e. The maximum atomic E-state index is 13.3. The normalized spacial score (nSPS) is 12.5. The Kier molecular flexibility index (Phi) is 4.61. The van der Waals surface area contributed by atoms with Gasteiger partial charge in [-0.3, -0.25) is 0 Å². The fourth-order valence-electron chi connectivity index (χ4n) is 2.73. The lowest BCUT2D eigenvalue weighted by Crippen LogP contribution is -2.07. The van der Waals surface area contributed by atoms with Gasteiger partial charge in [0.05, 0.1) is 6.10 Å². The van der Waals surface area contributed by atoms with Crippen LogP contribution in [-0.4, -0.2) is 5.11 Å². The molecule has 0 fully saturated rings. The van der Waals surface area contributed by atoms with Gasteiger partial charge >= 0.3 is 0 Å². The molecule has 1 atom stereocenters. The second-order valence-corrected chi connectivity index (χ2v) is 6.12. The summed E-state index contributed by atoms with van der Waals surface area (Å²) in [6.45, 7) is 6.04. The smallest absolute Gasteiger partial charge is 0.123 e. The summed E-state index contributed by atoms with van der Waals surface area (Å²) in [4.78, 5) is 0. The summed E-state index contributed by atoms with van der Waals surface area (Å²) in [5.74, 6) is -0.284. The average molecular weight is 337 g/mol. The van der Waals surface area contributed by atoms with Gasteiger partial charge in [-0.2, -0.15) is 0 Å². The minimum atomic E-state index is -0.631. The van der Waals surface area contributed by atoms with Crippen molar-refractivity contribution in [1.82, 2.24) is 0 Å². The topological polar surface area (TPSA) is 20.2 Å². The Labute approximate surface area is 127 Å². The van der Waals surface area contributed by atoms with E-state index in [2.05, 4.69) is 28.1 Å². The second-order valence-electron chi connectivity index (χ2n) is 5.27. The van der Waals surface area contributed by atoms with Crippen molar-refractivity contribution in [1.29, 1.82) is 0 Å². The number of aliphatic hydroxyl groups excluding tert-OH is 1. The van der Waals surface area contributed by atoms with Crippen LogP contribution >= 0.6 is 15.9 Å². The van der Waals surface area contributed by atoms with Crippen LogP contribution in [0.2, 0.25) is 0 Å². The molecule has 0 bridgehead atoms. The van der Waals surface area contributed by atoms with Crippen molar-refractivity contribution in [3.8, 4) is 0 Å². The number of aliphatic hydroxyl groups is 1. The Balaban J connectivity index is 2.33. The van der Waals surface area contributed by atoms with Crippen LogP contribution in [0.4, 0.5) is 4.39 Å². The predicted molar refractivity (Wildman–Crippen MR) is 83.4 cm³/mol. The molecule has 2 aromatic rings. The van der Waals surface area contributed by atoms with Gasteiger partial charge in [-0.1, -0.05) is 33.6 Å².